The van der Waals surface area contributed by atoms with Gasteiger partial charge in [0.25, 0.3) is 5.91 Å². The smallest absolute Gasteiger partial charge is 0.253 e. The van der Waals surface area contributed by atoms with Crippen molar-refractivity contribution in [1.29, 1.82) is 0 Å². The molecule has 6 heteroatoms. The number of aryl methyl sites for hydroxylation is 1. The highest BCUT2D eigenvalue weighted by molar-refractivity contribution is 7.19. The number of amides is 1. The molecule has 0 bridgehead atoms. The monoisotopic (exact) mass is 381 g/mol. The van der Waals surface area contributed by atoms with Gasteiger partial charge in [0.1, 0.15) is 0 Å². The Balaban J connectivity index is 1.55. The molecule has 0 spiro atoms. The SMILES string of the molecule is Cc1sc2ccccc2c1C(=O)NCC(c1cccnc1)N1CCOCC1. The third-order valence-corrected chi connectivity index (χ3v) is 6.10. The molecular formula is C21H23N3O2S. The highest BCUT2D eigenvalue weighted by atomic mass is 32.1. The van der Waals surface area contributed by atoms with Gasteiger partial charge in [-0.3, -0.25) is 14.7 Å². The maximum Gasteiger partial charge on any atom is 0.253 e. The van der Waals surface area contributed by atoms with E-state index in [-0.39, 0.29) is 11.9 Å². The predicted molar refractivity (Wildman–Crippen MR) is 108 cm³/mol. The van der Waals surface area contributed by atoms with Crippen molar-refractivity contribution in [1.82, 2.24) is 15.2 Å². The zero-order chi connectivity index (χ0) is 18.6. The normalized spacial score (nSPS) is 16.3. The van der Waals surface area contributed by atoms with Crippen LogP contribution in [0.15, 0.2) is 48.8 Å². The van der Waals surface area contributed by atoms with Crippen LogP contribution in [0.2, 0.25) is 0 Å². The lowest BCUT2D eigenvalue weighted by Gasteiger charge is -2.34. The highest BCUT2D eigenvalue weighted by Crippen LogP contribution is 2.30. The van der Waals surface area contributed by atoms with Crippen LogP contribution in [-0.2, 0) is 4.74 Å². The van der Waals surface area contributed by atoms with Crippen molar-refractivity contribution in [2.45, 2.75) is 13.0 Å². The number of carbonyl (C=O) groups is 1. The van der Waals surface area contributed by atoms with Gasteiger partial charge in [-0.2, -0.15) is 0 Å². The maximum atomic E-state index is 13.0. The van der Waals surface area contributed by atoms with Crippen molar-refractivity contribution in [2.75, 3.05) is 32.8 Å². The maximum absolute atomic E-state index is 13.0. The van der Waals surface area contributed by atoms with Gasteiger partial charge in [0, 0.05) is 47.0 Å². The number of nitrogens with zero attached hydrogens (tertiary/aromatic N) is 2. The molecule has 1 aliphatic rings. The Hall–Kier alpha value is -2.28. The Morgan fingerprint density at radius 1 is 1.26 bits per heavy atom. The van der Waals surface area contributed by atoms with Crippen molar-refractivity contribution < 1.29 is 9.53 Å². The van der Waals surface area contributed by atoms with E-state index in [1.807, 2.05) is 37.4 Å². The van der Waals surface area contributed by atoms with Gasteiger partial charge in [-0.25, -0.2) is 0 Å². The number of benzene rings is 1. The van der Waals surface area contributed by atoms with E-state index in [2.05, 4.69) is 27.3 Å². The van der Waals surface area contributed by atoms with Crippen molar-refractivity contribution in [3.63, 3.8) is 0 Å². The Bertz CT molecular complexity index is 920. The van der Waals surface area contributed by atoms with E-state index in [1.54, 1.807) is 17.5 Å². The first-order valence-electron chi connectivity index (χ1n) is 9.22. The second kappa shape index (κ2) is 8.17. The van der Waals surface area contributed by atoms with E-state index in [4.69, 9.17) is 4.74 Å². The van der Waals surface area contributed by atoms with Gasteiger partial charge in [0.2, 0.25) is 0 Å². The number of rotatable bonds is 5. The summed E-state index contributed by atoms with van der Waals surface area (Å²) < 4.78 is 6.64. The third-order valence-electron chi connectivity index (χ3n) is 5.01. The summed E-state index contributed by atoms with van der Waals surface area (Å²) >= 11 is 1.67. The van der Waals surface area contributed by atoms with Crippen LogP contribution in [0.1, 0.15) is 26.8 Å². The number of nitrogens with one attached hydrogen (secondary N) is 1. The number of thiophene rings is 1. The van der Waals surface area contributed by atoms with Crippen LogP contribution in [0.5, 0.6) is 0 Å². The number of carbonyl (C=O) groups excluding carboxylic acids is 1. The molecule has 1 atom stereocenters. The van der Waals surface area contributed by atoms with Crippen molar-refractivity contribution in [2.24, 2.45) is 0 Å². The molecule has 1 amide bonds. The summed E-state index contributed by atoms with van der Waals surface area (Å²) in [5.41, 5.74) is 1.91. The average molecular weight is 382 g/mol. The van der Waals surface area contributed by atoms with Gasteiger partial charge < -0.3 is 10.1 Å². The van der Waals surface area contributed by atoms with E-state index in [9.17, 15) is 4.79 Å². The largest absolute Gasteiger partial charge is 0.379 e. The van der Waals surface area contributed by atoms with E-state index < -0.39 is 0 Å². The minimum atomic E-state index is -0.00732. The third kappa shape index (κ3) is 3.88. The summed E-state index contributed by atoms with van der Waals surface area (Å²) in [6, 6.07) is 12.2. The van der Waals surface area contributed by atoms with Crippen LogP contribution in [0.3, 0.4) is 0 Å². The second-order valence-electron chi connectivity index (χ2n) is 6.69. The molecule has 1 fully saturated rings. The van der Waals surface area contributed by atoms with Gasteiger partial charge in [-0.05, 0) is 24.6 Å². The number of ether oxygens (including phenoxy) is 1. The Morgan fingerprint density at radius 3 is 2.85 bits per heavy atom. The van der Waals surface area contributed by atoms with Crippen molar-refractivity contribution >= 4 is 27.3 Å². The minimum absolute atomic E-state index is 0.00732. The molecule has 3 heterocycles. The van der Waals surface area contributed by atoms with Gasteiger partial charge in [-0.15, -0.1) is 11.3 Å². The van der Waals surface area contributed by atoms with E-state index in [0.717, 1.165) is 52.4 Å². The molecule has 27 heavy (non-hydrogen) atoms. The molecule has 0 aliphatic carbocycles. The Labute approximate surface area is 163 Å². The average Bonchev–Trinajstić information content (AvgIpc) is 3.05. The fourth-order valence-electron chi connectivity index (χ4n) is 3.65. The van der Waals surface area contributed by atoms with Crippen molar-refractivity contribution in [3.05, 3.63) is 64.8 Å². The van der Waals surface area contributed by atoms with Crippen LogP contribution < -0.4 is 5.32 Å². The number of hydrogen-bond donors (Lipinski definition) is 1. The molecule has 1 aliphatic heterocycles. The first-order valence-corrected chi connectivity index (χ1v) is 10.0. The lowest BCUT2D eigenvalue weighted by molar-refractivity contribution is 0.0161. The van der Waals surface area contributed by atoms with Crippen LogP contribution >= 0.6 is 11.3 Å². The lowest BCUT2D eigenvalue weighted by atomic mass is 10.1. The van der Waals surface area contributed by atoms with Crippen LogP contribution in [0, 0.1) is 6.92 Å². The fraction of sp³-hybridized carbons (Fsp3) is 0.333. The molecule has 1 aromatic carbocycles. The summed E-state index contributed by atoms with van der Waals surface area (Å²) in [7, 11) is 0. The quantitative estimate of drug-likeness (QED) is 0.736. The molecule has 1 unspecified atom stereocenters. The molecule has 2 aromatic heterocycles. The second-order valence-corrected chi connectivity index (χ2v) is 7.95. The standard InChI is InChI=1S/C21H23N3O2S/c1-15-20(17-6-2-3-7-19(17)27-15)21(25)23-14-18(16-5-4-8-22-13-16)24-9-11-26-12-10-24/h2-8,13,18H,9-12,14H2,1H3,(H,23,25). The molecule has 140 valence electrons. The van der Waals surface area contributed by atoms with Gasteiger partial charge in [-0.1, -0.05) is 24.3 Å². The minimum Gasteiger partial charge on any atom is -0.379 e. The molecule has 4 rings (SSSR count). The summed E-state index contributed by atoms with van der Waals surface area (Å²) in [5, 5.41) is 4.20. The summed E-state index contributed by atoms with van der Waals surface area (Å²) in [4.78, 5) is 20.7. The lowest BCUT2D eigenvalue weighted by Crippen LogP contribution is -2.43. The van der Waals surface area contributed by atoms with Crippen LogP contribution in [-0.4, -0.2) is 48.6 Å². The Morgan fingerprint density at radius 2 is 2.07 bits per heavy atom. The Kier molecular flexibility index (Phi) is 5.48. The predicted octanol–water partition coefficient (Wildman–Crippen LogP) is 3.41. The molecule has 0 saturated carbocycles. The zero-order valence-corrected chi connectivity index (χ0v) is 16.2. The zero-order valence-electron chi connectivity index (χ0n) is 15.4. The van der Waals surface area contributed by atoms with Gasteiger partial charge in [0.15, 0.2) is 0 Å². The van der Waals surface area contributed by atoms with Crippen molar-refractivity contribution in [3.8, 4) is 0 Å². The number of pyridine rings is 1. The summed E-state index contributed by atoms with van der Waals surface area (Å²) in [5.74, 6) is -0.00732. The summed E-state index contributed by atoms with van der Waals surface area (Å²) in [6.07, 6.45) is 3.66. The molecule has 1 saturated heterocycles. The van der Waals surface area contributed by atoms with E-state index >= 15 is 0 Å². The highest BCUT2D eigenvalue weighted by Gasteiger charge is 2.24. The first kappa shape index (κ1) is 18.1. The number of hydrogen-bond acceptors (Lipinski definition) is 5. The molecule has 3 aromatic rings. The fourth-order valence-corrected chi connectivity index (χ4v) is 4.71. The topological polar surface area (TPSA) is 54.5 Å². The molecule has 0 radical (unpaired) electrons. The number of morpholine rings is 1. The molecule has 5 nitrogen and oxygen atoms in total. The number of aromatic nitrogens is 1. The van der Waals surface area contributed by atoms with Gasteiger partial charge in [0.05, 0.1) is 24.8 Å². The van der Waals surface area contributed by atoms with Crippen LogP contribution in [0.25, 0.3) is 10.1 Å². The van der Waals surface area contributed by atoms with E-state index in [1.165, 1.54) is 0 Å². The summed E-state index contributed by atoms with van der Waals surface area (Å²) in [6.45, 7) is 5.72. The number of fused-ring (bicyclic) bond motifs is 1. The van der Waals surface area contributed by atoms with Crippen LogP contribution in [0.4, 0.5) is 0 Å². The van der Waals surface area contributed by atoms with Gasteiger partial charge >= 0.3 is 0 Å². The first-order chi connectivity index (χ1) is 13.2. The van der Waals surface area contributed by atoms with E-state index in [0.29, 0.717) is 6.54 Å². The molecule has 1 N–H and O–H groups in total. The molecular weight excluding hydrogens is 358 g/mol.